The van der Waals surface area contributed by atoms with Crippen LogP contribution >= 0.6 is 0 Å². The number of benzene rings is 3. The Bertz CT molecular complexity index is 1300. The quantitative estimate of drug-likeness (QED) is 0.221. The molecular weight excluding hydrogens is 468 g/mol. The molecule has 0 fully saturated rings. The van der Waals surface area contributed by atoms with Gasteiger partial charge < -0.3 is 15.8 Å². The number of rotatable bonds is 12. The molecule has 0 amide bonds. The maximum atomic E-state index is 6.75. The topological polar surface area (TPSA) is 63.4 Å². The summed E-state index contributed by atoms with van der Waals surface area (Å²) in [5.41, 5.74) is 15.7. The SMILES string of the molecule is CCN(CC/C(N)=C(\Cc1ccc(-c2ccc(OC)cc2)cc1)Nc1ccc(C)cc1)Cc1cccnc1. The molecule has 0 radical (unpaired) electrons. The third-order valence-corrected chi connectivity index (χ3v) is 6.77. The molecule has 4 rings (SSSR count). The van der Waals surface area contributed by atoms with Crippen LogP contribution in [0.2, 0.25) is 0 Å². The minimum atomic E-state index is 0.733. The Balaban J connectivity index is 1.50. The third kappa shape index (κ3) is 7.70. The minimum absolute atomic E-state index is 0.733. The number of nitrogens with zero attached hydrogens (tertiary/aromatic N) is 2. The van der Waals surface area contributed by atoms with Gasteiger partial charge in [-0.3, -0.25) is 9.88 Å². The predicted molar refractivity (Wildman–Crippen MR) is 158 cm³/mol. The van der Waals surface area contributed by atoms with Crippen molar-refractivity contribution in [3.8, 4) is 16.9 Å². The summed E-state index contributed by atoms with van der Waals surface area (Å²) in [6.45, 7) is 6.99. The molecule has 0 spiro atoms. The van der Waals surface area contributed by atoms with Gasteiger partial charge in [0.25, 0.3) is 0 Å². The fourth-order valence-electron chi connectivity index (χ4n) is 4.38. The highest BCUT2D eigenvalue weighted by molar-refractivity contribution is 5.64. The van der Waals surface area contributed by atoms with Crippen molar-refractivity contribution in [3.05, 3.63) is 125 Å². The molecule has 5 nitrogen and oxygen atoms in total. The van der Waals surface area contributed by atoms with Crippen LogP contribution in [0.15, 0.2) is 109 Å². The number of anilines is 1. The normalized spacial score (nSPS) is 11.8. The van der Waals surface area contributed by atoms with E-state index in [4.69, 9.17) is 10.5 Å². The molecule has 5 heteroatoms. The number of pyridine rings is 1. The number of allylic oxidation sites excluding steroid dienone is 1. The van der Waals surface area contributed by atoms with E-state index in [0.717, 1.165) is 55.3 Å². The van der Waals surface area contributed by atoms with Gasteiger partial charge in [-0.25, -0.2) is 0 Å². The first kappa shape index (κ1) is 27.0. The molecule has 0 bridgehead atoms. The monoisotopic (exact) mass is 506 g/mol. The van der Waals surface area contributed by atoms with Crippen LogP contribution in [0.4, 0.5) is 5.69 Å². The van der Waals surface area contributed by atoms with Crippen molar-refractivity contribution in [1.29, 1.82) is 0 Å². The van der Waals surface area contributed by atoms with Gasteiger partial charge in [0.05, 0.1) is 7.11 Å². The van der Waals surface area contributed by atoms with Gasteiger partial charge >= 0.3 is 0 Å². The largest absolute Gasteiger partial charge is 0.497 e. The van der Waals surface area contributed by atoms with Crippen molar-refractivity contribution in [2.24, 2.45) is 5.73 Å². The summed E-state index contributed by atoms with van der Waals surface area (Å²) in [6.07, 6.45) is 5.26. The number of ether oxygens (including phenoxy) is 1. The summed E-state index contributed by atoms with van der Waals surface area (Å²) < 4.78 is 5.29. The van der Waals surface area contributed by atoms with E-state index in [1.54, 1.807) is 7.11 Å². The van der Waals surface area contributed by atoms with Crippen molar-refractivity contribution in [2.75, 3.05) is 25.5 Å². The van der Waals surface area contributed by atoms with Gasteiger partial charge in [0.2, 0.25) is 0 Å². The molecule has 0 aliphatic heterocycles. The van der Waals surface area contributed by atoms with Crippen LogP contribution < -0.4 is 15.8 Å². The molecule has 0 aliphatic rings. The number of hydrogen-bond acceptors (Lipinski definition) is 5. The molecule has 0 aliphatic carbocycles. The molecule has 0 unspecified atom stereocenters. The number of methoxy groups -OCH3 is 1. The van der Waals surface area contributed by atoms with Crippen LogP contribution in [0.1, 0.15) is 30.0 Å². The molecule has 4 aromatic rings. The van der Waals surface area contributed by atoms with Crippen LogP contribution in [0.25, 0.3) is 11.1 Å². The molecule has 0 saturated carbocycles. The second-order valence-electron chi connectivity index (χ2n) is 9.58. The zero-order valence-corrected chi connectivity index (χ0v) is 22.7. The average Bonchev–Trinajstić information content (AvgIpc) is 2.97. The first-order valence-electron chi connectivity index (χ1n) is 13.2. The Kier molecular flexibility index (Phi) is 9.54. The van der Waals surface area contributed by atoms with Gasteiger partial charge in [0, 0.05) is 55.4 Å². The number of nitrogens with two attached hydrogens (primary N) is 1. The molecule has 0 saturated heterocycles. The van der Waals surface area contributed by atoms with Crippen molar-refractivity contribution >= 4 is 5.69 Å². The maximum absolute atomic E-state index is 6.75. The molecule has 1 aromatic heterocycles. The van der Waals surface area contributed by atoms with Crippen LogP contribution in [0.3, 0.4) is 0 Å². The fraction of sp³-hybridized carbons (Fsp3) is 0.242. The summed E-state index contributed by atoms with van der Waals surface area (Å²) in [5, 5.41) is 3.62. The predicted octanol–water partition coefficient (Wildman–Crippen LogP) is 6.80. The lowest BCUT2D eigenvalue weighted by molar-refractivity contribution is 0.282. The Hall–Kier alpha value is -4.09. The zero-order chi connectivity index (χ0) is 26.7. The minimum Gasteiger partial charge on any atom is -0.497 e. The third-order valence-electron chi connectivity index (χ3n) is 6.77. The Labute approximate surface area is 227 Å². The van der Waals surface area contributed by atoms with Gasteiger partial charge in [0.15, 0.2) is 0 Å². The summed E-state index contributed by atoms with van der Waals surface area (Å²) >= 11 is 0. The van der Waals surface area contributed by atoms with Crippen LogP contribution in [0.5, 0.6) is 5.75 Å². The first-order chi connectivity index (χ1) is 18.5. The second kappa shape index (κ2) is 13.5. The first-order valence-corrected chi connectivity index (χ1v) is 13.2. The van der Waals surface area contributed by atoms with Gasteiger partial charge in [-0.2, -0.15) is 0 Å². The zero-order valence-electron chi connectivity index (χ0n) is 22.7. The summed E-state index contributed by atoms with van der Waals surface area (Å²) in [7, 11) is 1.69. The molecule has 38 heavy (non-hydrogen) atoms. The van der Waals surface area contributed by atoms with Crippen molar-refractivity contribution in [3.63, 3.8) is 0 Å². The number of aromatic nitrogens is 1. The van der Waals surface area contributed by atoms with Gasteiger partial charge in [-0.05, 0) is 66.1 Å². The van der Waals surface area contributed by atoms with Gasteiger partial charge in [-0.1, -0.05) is 67.1 Å². The summed E-state index contributed by atoms with van der Waals surface area (Å²) in [6, 6.07) is 29.4. The lowest BCUT2D eigenvalue weighted by Crippen LogP contribution is -2.26. The molecule has 196 valence electrons. The van der Waals surface area contributed by atoms with Crippen molar-refractivity contribution in [2.45, 2.75) is 33.2 Å². The second-order valence-corrected chi connectivity index (χ2v) is 9.58. The molecule has 3 aromatic carbocycles. The lowest BCUT2D eigenvalue weighted by atomic mass is 10.0. The highest BCUT2D eigenvalue weighted by atomic mass is 16.5. The standard InChI is InChI=1S/C33H38N4O/c1-4-37(24-27-6-5-20-35-23-27)21-19-32(34)33(36-30-15-7-25(2)8-16-30)22-26-9-11-28(12-10-26)29-13-17-31(38-3)18-14-29/h5-18,20,23,36H,4,19,21-22,24,34H2,1-3H3/b33-32-. The van der Waals surface area contributed by atoms with E-state index in [1.165, 1.54) is 27.8 Å². The number of hydrogen-bond donors (Lipinski definition) is 2. The van der Waals surface area contributed by atoms with Crippen LogP contribution in [0, 0.1) is 6.92 Å². The Morgan fingerprint density at radius 1 is 0.895 bits per heavy atom. The van der Waals surface area contributed by atoms with E-state index in [1.807, 2.05) is 30.6 Å². The van der Waals surface area contributed by atoms with Crippen LogP contribution in [-0.2, 0) is 13.0 Å². The number of aryl methyl sites for hydroxylation is 1. The Morgan fingerprint density at radius 2 is 1.58 bits per heavy atom. The lowest BCUT2D eigenvalue weighted by Gasteiger charge is -2.22. The Morgan fingerprint density at radius 3 is 2.18 bits per heavy atom. The van der Waals surface area contributed by atoms with Crippen molar-refractivity contribution < 1.29 is 4.74 Å². The van der Waals surface area contributed by atoms with E-state index in [-0.39, 0.29) is 0 Å². The molecular formula is C33H38N4O. The highest BCUT2D eigenvalue weighted by Gasteiger charge is 2.10. The van der Waals surface area contributed by atoms with E-state index in [9.17, 15) is 0 Å². The van der Waals surface area contributed by atoms with E-state index in [0.29, 0.717) is 0 Å². The van der Waals surface area contributed by atoms with E-state index in [2.05, 4.69) is 95.8 Å². The van der Waals surface area contributed by atoms with Gasteiger partial charge in [0.1, 0.15) is 5.75 Å². The van der Waals surface area contributed by atoms with Crippen molar-refractivity contribution in [1.82, 2.24) is 9.88 Å². The summed E-state index contributed by atoms with van der Waals surface area (Å²) in [5.74, 6) is 0.861. The highest BCUT2D eigenvalue weighted by Crippen LogP contribution is 2.24. The molecule has 0 atom stereocenters. The molecule has 3 N–H and O–H groups in total. The fourth-order valence-corrected chi connectivity index (χ4v) is 4.38. The molecule has 1 heterocycles. The van der Waals surface area contributed by atoms with Crippen LogP contribution in [-0.4, -0.2) is 30.1 Å². The smallest absolute Gasteiger partial charge is 0.118 e. The average molecular weight is 507 g/mol. The van der Waals surface area contributed by atoms with E-state index < -0.39 is 0 Å². The number of nitrogens with one attached hydrogen (secondary N) is 1. The van der Waals surface area contributed by atoms with Gasteiger partial charge in [-0.15, -0.1) is 0 Å². The van der Waals surface area contributed by atoms with E-state index >= 15 is 0 Å². The summed E-state index contributed by atoms with van der Waals surface area (Å²) in [4.78, 5) is 6.65. The maximum Gasteiger partial charge on any atom is 0.118 e.